The summed E-state index contributed by atoms with van der Waals surface area (Å²) in [5.74, 6) is 2.17. The van der Waals surface area contributed by atoms with Crippen molar-refractivity contribution >= 4 is 11.8 Å². The highest BCUT2D eigenvalue weighted by atomic mass is 32.2. The molecule has 3 atom stereocenters. The van der Waals surface area contributed by atoms with Crippen molar-refractivity contribution in [1.29, 1.82) is 0 Å². The Hall–Kier alpha value is -0.670. The van der Waals surface area contributed by atoms with Crippen molar-refractivity contribution in [2.75, 3.05) is 12.9 Å². The Bertz CT molecular complexity index is 365. The Labute approximate surface area is 114 Å². The molecule has 2 rings (SSSR count). The molecule has 1 heterocycles. The number of thioether (sulfide) groups is 1. The van der Waals surface area contributed by atoms with Crippen LogP contribution in [0.2, 0.25) is 0 Å². The number of nitrogens with one attached hydrogen (secondary N) is 1. The molecule has 0 aliphatic carbocycles. The van der Waals surface area contributed by atoms with Gasteiger partial charge in [0.2, 0.25) is 0 Å². The third kappa shape index (κ3) is 3.42. The summed E-state index contributed by atoms with van der Waals surface area (Å²) in [6, 6.07) is 9.57. The average molecular weight is 265 g/mol. The van der Waals surface area contributed by atoms with Gasteiger partial charge in [0.25, 0.3) is 0 Å². The number of methoxy groups -OCH3 is 1. The fourth-order valence-electron chi connectivity index (χ4n) is 2.50. The maximum Gasteiger partial charge on any atom is 0.118 e. The van der Waals surface area contributed by atoms with E-state index in [1.165, 1.54) is 17.7 Å². The van der Waals surface area contributed by atoms with Gasteiger partial charge >= 0.3 is 0 Å². The number of hydrogen-bond acceptors (Lipinski definition) is 3. The maximum absolute atomic E-state index is 5.21. The van der Waals surface area contributed by atoms with Gasteiger partial charge in [0.15, 0.2) is 0 Å². The molecular weight excluding hydrogens is 242 g/mol. The van der Waals surface area contributed by atoms with Gasteiger partial charge in [-0.25, -0.2) is 0 Å². The predicted octanol–water partition coefficient (Wildman–Crippen LogP) is 3.63. The molecule has 1 aliphatic rings. The SMILES string of the molecule is CCC(NC1CSC(C)C1)c1ccc(OC)cc1. The first-order valence-electron chi connectivity index (χ1n) is 6.74. The van der Waals surface area contributed by atoms with Crippen LogP contribution in [0, 0.1) is 0 Å². The van der Waals surface area contributed by atoms with Gasteiger partial charge in [0.1, 0.15) is 5.75 Å². The van der Waals surface area contributed by atoms with E-state index in [0.29, 0.717) is 12.1 Å². The second-order valence-corrected chi connectivity index (χ2v) is 6.45. The van der Waals surface area contributed by atoms with Gasteiger partial charge in [-0.2, -0.15) is 11.8 Å². The minimum atomic E-state index is 0.465. The number of rotatable bonds is 5. The molecule has 3 unspecified atom stereocenters. The zero-order valence-electron chi connectivity index (χ0n) is 11.5. The molecule has 1 fully saturated rings. The molecule has 100 valence electrons. The summed E-state index contributed by atoms with van der Waals surface area (Å²) < 4.78 is 5.21. The summed E-state index contributed by atoms with van der Waals surface area (Å²) in [7, 11) is 1.71. The van der Waals surface area contributed by atoms with Gasteiger partial charge < -0.3 is 10.1 Å². The first kappa shape index (κ1) is 13.8. The van der Waals surface area contributed by atoms with E-state index in [2.05, 4.69) is 43.1 Å². The fourth-order valence-corrected chi connectivity index (χ4v) is 3.67. The second-order valence-electron chi connectivity index (χ2n) is 4.98. The van der Waals surface area contributed by atoms with Crippen LogP contribution >= 0.6 is 11.8 Å². The van der Waals surface area contributed by atoms with E-state index in [4.69, 9.17) is 4.74 Å². The lowest BCUT2D eigenvalue weighted by Gasteiger charge is -2.22. The van der Waals surface area contributed by atoms with Crippen molar-refractivity contribution < 1.29 is 4.74 Å². The first-order valence-corrected chi connectivity index (χ1v) is 7.79. The summed E-state index contributed by atoms with van der Waals surface area (Å²) in [5.41, 5.74) is 1.36. The van der Waals surface area contributed by atoms with E-state index in [9.17, 15) is 0 Å². The minimum absolute atomic E-state index is 0.465. The van der Waals surface area contributed by atoms with E-state index in [1.807, 2.05) is 12.1 Å². The van der Waals surface area contributed by atoms with E-state index in [0.717, 1.165) is 17.4 Å². The monoisotopic (exact) mass is 265 g/mol. The van der Waals surface area contributed by atoms with Gasteiger partial charge in [-0.15, -0.1) is 0 Å². The number of hydrogen-bond donors (Lipinski definition) is 1. The van der Waals surface area contributed by atoms with E-state index in [1.54, 1.807) is 7.11 Å². The number of ether oxygens (including phenoxy) is 1. The molecule has 1 N–H and O–H groups in total. The molecule has 1 saturated heterocycles. The summed E-state index contributed by atoms with van der Waals surface area (Å²) in [6.07, 6.45) is 2.42. The smallest absolute Gasteiger partial charge is 0.118 e. The molecule has 0 bridgehead atoms. The molecular formula is C15H23NOS. The molecule has 1 aromatic rings. The zero-order chi connectivity index (χ0) is 13.0. The van der Waals surface area contributed by atoms with Gasteiger partial charge in [-0.1, -0.05) is 26.0 Å². The van der Waals surface area contributed by atoms with Gasteiger partial charge in [0, 0.05) is 23.1 Å². The fraction of sp³-hybridized carbons (Fsp3) is 0.600. The normalized spacial score (nSPS) is 25.1. The largest absolute Gasteiger partial charge is 0.497 e. The lowest BCUT2D eigenvalue weighted by Crippen LogP contribution is -2.32. The van der Waals surface area contributed by atoms with Crippen LogP contribution in [0.15, 0.2) is 24.3 Å². The van der Waals surface area contributed by atoms with Crippen LogP contribution in [0.4, 0.5) is 0 Å². The highest BCUT2D eigenvalue weighted by Crippen LogP contribution is 2.29. The van der Waals surface area contributed by atoms with Gasteiger partial charge in [0.05, 0.1) is 7.11 Å². The Morgan fingerprint density at radius 3 is 2.61 bits per heavy atom. The third-order valence-electron chi connectivity index (χ3n) is 3.56. The zero-order valence-corrected chi connectivity index (χ0v) is 12.3. The van der Waals surface area contributed by atoms with Crippen molar-refractivity contribution in [3.8, 4) is 5.75 Å². The van der Waals surface area contributed by atoms with Gasteiger partial charge in [-0.3, -0.25) is 0 Å². The molecule has 0 saturated carbocycles. The molecule has 0 spiro atoms. The Kier molecular flexibility index (Phi) is 4.95. The molecule has 2 nitrogen and oxygen atoms in total. The van der Waals surface area contributed by atoms with Crippen molar-refractivity contribution in [2.24, 2.45) is 0 Å². The molecule has 0 radical (unpaired) electrons. The molecule has 0 amide bonds. The van der Waals surface area contributed by atoms with Crippen LogP contribution in [-0.4, -0.2) is 24.2 Å². The van der Waals surface area contributed by atoms with Crippen LogP contribution in [0.3, 0.4) is 0 Å². The highest BCUT2D eigenvalue weighted by Gasteiger charge is 2.24. The summed E-state index contributed by atoms with van der Waals surface area (Å²) in [6.45, 7) is 4.56. The van der Waals surface area contributed by atoms with E-state index >= 15 is 0 Å². The Morgan fingerprint density at radius 2 is 2.11 bits per heavy atom. The highest BCUT2D eigenvalue weighted by molar-refractivity contribution is 8.00. The predicted molar refractivity (Wildman–Crippen MR) is 79.5 cm³/mol. The van der Waals surface area contributed by atoms with Crippen LogP contribution < -0.4 is 10.1 Å². The van der Waals surface area contributed by atoms with Crippen molar-refractivity contribution in [3.05, 3.63) is 29.8 Å². The van der Waals surface area contributed by atoms with Crippen LogP contribution in [0.1, 0.15) is 38.3 Å². The third-order valence-corrected chi connectivity index (χ3v) is 4.92. The summed E-state index contributed by atoms with van der Waals surface area (Å²) >= 11 is 2.08. The lowest BCUT2D eigenvalue weighted by molar-refractivity contribution is 0.413. The molecule has 18 heavy (non-hydrogen) atoms. The van der Waals surface area contributed by atoms with E-state index in [-0.39, 0.29) is 0 Å². The molecule has 0 aromatic heterocycles. The van der Waals surface area contributed by atoms with Crippen molar-refractivity contribution in [2.45, 2.75) is 44.0 Å². The summed E-state index contributed by atoms with van der Waals surface area (Å²) in [4.78, 5) is 0. The number of benzene rings is 1. The van der Waals surface area contributed by atoms with Crippen LogP contribution in [0.25, 0.3) is 0 Å². The Balaban J connectivity index is 1.98. The molecule has 1 aliphatic heterocycles. The average Bonchev–Trinajstić information content (AvgIpc) is 2.82. The first-order chi connectivity index (χ1) is 8.72. The quantitative estimate of drug-likeness (QED) is 0.878. The maximum atomic E-state index is 5.21. The van der Waals surface area contributed by atoms with Crippen molar-refractivity contribution in [3.63, 3.8) is 0 Å². The van der Waals surface area contributed by atoms with Crippen LogP contribution in [0.5, 0.6) is 5.75 Å². The standard InChI is InChI=1S/C15H23NOS/c1-4-15(16-13-9-11(2)18-10-13)12-5-7-14(17-3)8-6-12/h5-8,11,13,15-16H,4,9-10H2,1-3H3. The molecule has 1 aromatic carbocycles. The topological polar surface area (TPSA) is 21.3 Å². The lowest BCUT2D eigenvalue weighted by atomic mass is 10.0. The minimum Gasteiger partial charge on any atom is -0.497 e. The Morgan fingerprint density at radius 1 is 1.39 bits per heavy atom. The van der Waals surface area contributed by atoms with Gasteiger partial charge in [-0.05, 0) is 30.5 Å². The molecule has 3 heteroatoms. The summed E-state index contributed by atoms with van der Waals surface area (Å²) in [5, 5.41) is 4.59. The van der Waals surface area contributed by atoms with E-state index < -0.39 is 0 Å². The van der Waals surface area contributed by atoms with Crippen molar-refractivity contribution in [1.82, 2.24) is 5.32 Å². The second kappa shape index (κ2) is 6.48. The van der Waals surface area contributed by atoms with Crippen LogP contribution in [-0.2, 0) is 0 Å².